The van der Waals surface area contributed by atoms with Gasteiger partial charge in [-0.1, -0.05) is 19.9 Å². The number of benzene rings is 1. The summed E-state index contributed by atoms with van der Waals surface area (Å²) in [4.78, 5) is 57.4. The zero-order valence-corrected chi connectivity index (χ0v) is 23.9. The standard InChI is InChI=1S/C29H39N5O6/c1-16(2)24-25(35)30-17(3)26(36)34-13-7-8-22(33-34)27(37)40-18(4)21-12-10-19-9-11-20(14-23(19)31-21)39-15-29(5,6)28(38)32-24/h9-12,14,16-18,22,24,33H,7-8,13,15H2,1-6H3,(H,30,35)(H,32,38). The van der Waals surface area contributed by atoms with Crippen molar-refractivity contribution in [2.75, 3.05) is 13.2 Å². The van der Waals surface area contributed by atoms with E-state index in [0.717, 1.165) is 5.39 Å². The van der Waals surface area contributed by atoms with Crippen LogP contribution in [0.4, 0.5) is 0 Å². The first-order chi connectivity index (χ1) is 18.9. The summed E-state index contributed by atoms with van der Waals surface area (Å²) in [6.07, 6.45) is 0.459. The van der Waals surface area contributed by atoms with Crippen LogP contribution in [0.1, 0.15) is 66.2 Å². The van der Waals surface area contributed by atoms with Crippen molar-refractivity contribution in [1.82, 2.24) is 26.1 Å². The maximum absolute atomic E-state index is 13.3. The molecule has 216 valence electrons. The fourth-order valence-electron chi connectivity index (χ4n) is 4.66. The smallest absolute Gasteiger partial charge is 0.325 e. The summed E-state index contributed by atoms with van der Waals surface area (Å²) in [6.45, 7) is 10.9. The maximum atomic E-state index is 13.3. The Balaban J connectivity index is 1.66. The largest absolute Gasteiger partial charge is 0.492 e. The van der Waals surface area contributed by atoms with Gasteiger partial charge < -0.3 is 20.1 Å². The Labute approximate surface area is 234 Å². The van der Waals surface area contributed by atoms with Crippen LogP contribution >= 0.6 is 0 Å². The number of aromatic nitrogens is 1. The Kier molecular flexibility index (Phi) is 8.62. The van der Waals surface area contributed by atoms with Gasteiger partial charge in [-0.05, 0) is 64.7 Å². The first-order valence-electron chi connectivity index (χ1n) is 13.8. The van der Waals surface area contributed by atoms with Crippen molar-refractivity contribution in [3.05, 3.63) is 36.0 Å². The van der Waals surface area contributed by atoms with Crippen LogP contribution in [-0.2, 0) is 23.9 Å². The van der Waals surface area contributed by atoms with Gasteiger partial charge >= 0.3 is 5.97 Å². The Morgan fingerprint density at radius 2 is 1.77 bits per heavy atom. The van der Waals surface area contributed by atoms with Gasteiger partial charge in [0.05, 0.1) is 16.6 Å². The average Bonchev–Trinajstić information content (AvgIpc) is 2.92. The van der Waals surface area contributed by atoms with Crippen molar-refractivity contribution in [2.24, 2.45) is 11.3 Å². The van der Waals surface area contributed by atoms with Crippen molar-refractivity contribution in [3.8, 4) is 5.75 Å². The molecule has 3 heterocycles. The van der Waals surface area contributed by atoms with Crippen molar-refractivity contribution in [1.29, 1.82) is 0 Å². The number of hydrogen-bond donors (Lipinski definition) is 3. The molecule has 3 N–H and O–H groups in total. The van der Waals surface area contributed by atoms with E-state index in [1.54, 1.807) is 39.8 Å². The monoisotopic (exact) mass is 553 g/mol. The van der Waals surface area contributed by atoms with Gasteiger partial charge in [-0.25, -0.2) is 10.4 Å². The van der Waals surface area contributed by atoms with Crippen LogP contribution in [0.2, 0.25) is 0 Å². The number of cyclic esters (lactones) is 1. The number of pyridine rings is 1. The van der Waals surface area contributed by atoms with E-state index in [1.165, 1.54) is 5.01 Å². The quantitative estimate of drug-likeness (QED) is 0.458. The molecule has 0 aliphatic carbocycles. The molecule has 2 aromatic rings. The lowest BCUT2D eigenvalue weighted by Gasteiger charge is -2.35. The molecule has 1 saturated heterocycles. The molecule has 2 aliphatic rings. The van der Waals surface area contributed by atoms with E-state index in [0.29, 0.717) is 36.3 Å². The molecule has 1 aromatic carbocycles. The average molecular weight is 554 g/mol. The Morgan fingerprint density at radius 3 is 2.50 bits per heavy atom. The molecule has 4 atom stereocenters. The number of rotatable bonds is 1. The van der Waals surface area contributed by atoms with Crippen LogP contribution < -0.4 is 20.8 Å². The molecule has 11 heteroatoms. The Morgan fingerprint density at radius 1 is 1.05 bits per heavy atom. The number of esters is 1. The fourth-order valence-corrected chi connectivity index (χ4v) is 4.66. The zero-order valence-electron chi connectivity index (χ0n) is 23.9. The predicted molar refractivity (Wildman–Crippen MR) is 148 cm³/mol. The summed E-state index contributed by atoms with van der Waals surface area (Å²) in [5.41, 5.74) is 3.23. The number of nitrogens with one attached hydrogen (secondary N) is 3. The van der Waals surface area contributed by atoms with Crippen LogP contribution in [0.25, 0.3) is 10.9 Å². The van der Waals surface area contributed by atoms with Gasteiger partial charge in [-0.3, -0.25) is 24.2 Å². The second-order valence-electron chi connectivity index (χ2n) is 11.6. The number of carbonyl (C=O) groups is 4. The third-order valence-corrected chi connectivity index (χ3v) is 7.31. The van der Waals surface area contributed by atoms with Gasteiger partial charge in [0.25, 0.3) is 5.91 Å². The van der Waals surface area contributed by atoms with Crippen molar-refractivity contribution in [3.63, 3.8) is 0 Å². The Hall–Kier alpha value is -3.73. The highest BCUT2D eigenvalue weighted by atomic mass is 16.5. The molecule has 5 bridgehead atoms. The lowest BCUT2D eigenvalue weighted by atomic mass is 9.92. The van der Waals surface area contributed by atoms with E-state index in [4.69, 9.17) is 9.47 Å². The molecular weight excluding hydrogens is 514 g/mol. The molecule has 11 nitrogen and oxygen atoms in total. The minimum absolute atomic E-state index is 0.0569. The van der Waals surface area contributed by atoms with E-state index >= 15 is 0 Å². The highest BCUT2D eigenvalue weighted by Crippen LogP contribution is 2.26. The third-order valence-electron chi connectivity index (χ3n) is 7.31. The van der Waals surface area contributed by atoms with E-state index < -0.39 is 47.4 Å². The summed E-state index contributed by atoms with van der Waals surface area (Å²) in [5, 5.41) is 7.81. The molecule has 0 saturated carbocycles. The molecule has 4 unspecified atom stereocenters. The van der Waals surface area contributed by atoms with E-state index in [9.17, 15) is 19.2 Å². The predicted octanol–water partition coefficient (Wildman–Crippen LogP) is 2.40. The van der Waals surface area contributed by atoms with Gasteiger partial charge in [0.15, 0.2) is 0 Å². The highest BCUT2D eigenvalue weighted by Gasteiger charge is 2.36. The molecule has 0 radical (unpaired) electrons. The van der Waals surface area contributed by atoms with Crippen LogP contribution in [0.3, 0.4) is 0 Å². The van der Waals surface area contributed by atoms with Gasteiger partial charge in [0.1, 0.15) is 36.6 Å². The van der Waals surface area contributed by atoms with Crippen molar-refractivity contribution < 1.29 is 28.7 Å². The van der Waals surface area contributed by atoms with Gasteiger partial charge in [-0.2, -0.15) is 0 Å². The summed E-state index contributed by atoms with van der Waals surface area (Å²) in [7, 11) is 0. The SMILES string of the molecule is CC1NC(=O)C(C(C)C)NC(=O)C(C)(C)COc2ccc3ccc(nc3c2)C(C)OC(=O)C2CCCN(N2)C1=O. The van der Waals surface area contributed by atoms with E-state index in [1.807, 2.05) is 32.0 Å². The maximum Gasteiger partial charge on any atom is 0.325 e. The minimum Gasteiger partial charge on any atom is -0.492 e. The number of hydrogen-bond acceptors (Lipinski definition) is 8. The van der Waals surface area contributed by atoms with Crippen LogP contribution in [-0.4, -0.2) is 65.0 Å². The normalized spacial score (nSPS) is 26.6. The molecule has 40 heavy (non-hydrogen) atoms. The summed E-state index contributed by atoms with van der Waals surface area (Å²) in [5.74, 6) is -1.40. The van der Waals surface area contributed by atoms with Crippen LogP contribution in [0.5, 0.6) is 5.75 Å². The molecule has 2 aliphatic heterocycles. The second kappa shape index (κ2) is 11.8. The van der Waals surface area contributed by atoms with Crippen LogP contribution in [0, 0.1) is 11.3 Å². The molecule has 1 aromatic heterocycles. The Bertz CT molecular complexity index is 1290. The number of fused-ring (bicyclic) bond motifs is 4. The van der Waals surface area contributed by atoms with Gasteiger partial charge in [-0.15, -0.1) is 0 Å². The fraction of sp³-hybridized carbons (Fsp3) is 0.552. The van der Waals surface area contributed by atoms with Gasteiger partial charge in [0, 0.05) is 18.0 Å². The van der Waals surface area contributed by atoms with Crippen molar-refractivity contribution >= 4 is 34.6 Å². The molecule has 1 fully saturated rings. The number of ether oxygens (including phenoxy) is 2. The number of amides is 3. The summed E-state index contributed by atoms with van der Waals surface area (Å²) < 4.78 is 11.7. The molecule has 3 amide bonds. The first-order valence-corrected chi connectivity index (χ1v) is 13.8. The van der Waals surface area contributed by atoms with E-state index in [-0.39, 0.29) is 18.4 Å². The molecule has 4 rings (SSSR count). The molecule has 0 spiro atoms. The number of carbonyl (C=O) groups excluding carboxylic acids is 4. The van der Waals surface area contributed by atoms with Gasteiger partial charge in [0.2, 0.25) is 11.8 Å². The minimum atomic E-state index is -0.965. The lowest BCUT2D eigenvalue weighted by molar-refractivity contribution is -0.157. The summed E-state index contributed by atoms with van der Waals surface area (Å²) >= 11 is 0. The summed E-state index contributed by atoms with van der Waals surface area (Å²) in [6, 6.07) is 6.69. The van der Waals surface area contributed by atoms with E-state index in [2.05, 4.69) is 21.0 Å². The third kappa shape index (κ3) is 6.52. The second-order valence-corrected chi connectivity index (χ2v) is 11.6. The zero-order chi connectivity index (χ0) is 29.2. The van der Waals surface area contributed by atoms with Crippen LogP contribution in [0.15, 0.2) is 30.3 Å². The van der Waals surface area contributed by atoms with Crippen molar-refractivity contribution in [2.45, 2.75) is 78.6 Å². The number of hydrazine groups is 1. The molecular formula is C29H39N5O6. The topological polar surface area (TPSA) is 139 Å². The lowest BCUT2D eigenvalue weighted by Crippen LogP contribution is -2.61. The first kappa shape index (κ1) is 29.3. The highest BCUT2D eigenvalue weighted by molar-refractivity contribution is 5.93. The number of nitrogens with zero attached hydrogens (tertiary/aromatic N) is 2.